The Labute approximate surface area is 193 Å². The zero-order valence-electron chi connectivity index (χ0n) is 17.7. The van der Waals surface area contributed by atoms with Crippen molar-refractivity contribution in [3.8, 4) is 12.3 Å². The van der Waals surface area contributed by atoms with Gasteiger partial charge in [0.25, 0.3) is 6.43 Å². The summed E-state index contributed by atoms with van der Waals surface area (Å²) in [6, 6.07) is 6.43. The molecule has 0 saturated heterocycles. The molecule has 33 heavy (non-hydrogen) atoms. The number of thioether (sulfide) groups is 1. The molecule has 1 aromatic heterocycles. The lowest BCUT2D eigenvalue weighted by Gasteiger charge is -2.37. The first-order chi connectivity index (χ1) is 15.8. The predicted octanol–water partition coefficient (Wildman–Crippen LogP) is 4.66. The summed E-state index contributed by atoms with van der Waals surface area (Å²) in [6.07, 6.45) is 9.58. The molecule has 1 saturated carbocycles. The number of hydrogen-bond acceptors (Lipinski definition) is 6. The van der Waals surface area contributed by atoms with Gasteiger partial charge in [-0.2, -0.15) is 0 Å². The molecule has 3 aliphatic rings. The Morgan fingerprint density at radius 1 is 1.39 bits per heavy atom. The van der Waals surface area contributed by atoms with Crippen molar-refractivity contribution in [1.29, 1.82) is 0 Å². The van der Waals surface area contributed by atoms with Gasteiger partial charge < -0.3 is 15.4 Å². The molecule has 5 nitrogen and oxygen atoms in total. The molecule has 1 aliphatic carbocycles. The van der Waals surface area contributed by atoms with Crippen LogP contribution in [-0.2, 0) is 10.3 Å². The molecular weight excluding hydrogens is 449 g/mol. The van der Waals surface area contributed by atoms with Crippen LogP contribution in [0.5, 0.6) is 0 Å². The van der Waals surface area contributed by atoms with Crippen molar-refractivity contribution in [1.82, 2.24) is 4.98 Å². The zero-order valence-corrected chi connectivity index (χ0v) is 18.5. The van der Waals surface area contributed by atoms with Crippen LogP contribution in [0.3, 0.4) is 0 Å². The first-order valence-corrected chi connectivity index (χ1v) is 11.2. The fourth-order valence-electron chi connectivity index (χ4n) is 4.85. The molecule has 0 radical (unpaired) electrons. The van der Waals surface area contributed by atoms with Crippen LogP contribution in [-0.4, -0.2) is 34.2 Å². The number of ether oxygens (including phenoxy) is 1. The van der Waals surface area contributed by atoms with E-state index in [9.17, 15) is 8.78 Å². The number of terminal acetylenes is 1. The van der Waals surface area contributed by atoms with E-state index < -0.39 is 34.7 Å². The predicted molar refractivity (Wildman–Crippen MR) is 124 cm³/mol. The molecule has 0 bridgehead atoms. The van der Waals surface area contributed by atoms with Gasteiger partial charge in [0.15, 0.2) is 11.4 Å². The number of amidine groups is 1. The Kier molecular flexibility index (Phi) is 5.18. The van der Waals surface area contributed by atoms with Crippen LogP contribution in [0.25, 0.3) is 6.08 Å². The van der Waals surface area contributed by atoms with Gasteiger partial charge in [0, 0.05) is 28.9 Å². The average molecular weight is 471 g/mol. The van der Waals surface area contributed by atoms with Crippen molar-refractivity contribution in [2.45, 2.75) is 36.3 Å². The van der Waals surface area contributed by atoms with Crippen molar-refractivity contribution in [2.75, 3.05) is 11.5 Å². The zero-order chi connectivity index (χ0) is 23.4. The molecule has 0 spiro atoms. The summed E-state index contributed by atoms with van der Waals surface area (Å²) in [4.78, 5) is 10.5. The van der Waals surface area contributed by atoms with E-state index in [2.05, 4.69) is 15.9 Å². The molecule has 1 unspecified atom stereocenters. The molecule has 4 atom stereocenters. The smallest absolute Gasteiger partial charge is 0.253 e. The maximum atomic E-state index is 15.2. The molecule has 2 aromatic rings. The second kappa shape index (κ2) is 7.82. The maximum absolute atomic E-state index is 15.2. The first kappa shape index (κ1) is 21.9. The number of nitrogens with two attached hydrogens (primary N) is 1. The number of fused-ring (bicyclic) bond motifs is 2. The van der Waals surface area contributed by atoms with Gasteiger partial charge in [-0.05, 0) is 43.7 Å². The minimum absolute atomic E-state index is 0.0436. The number of benzene rings is 1. The van der Waals surface area contributed by atoms with Crippen LogP contribution in [0.4, 0.5) is 24.5 Å². The minimum atomic E-state index is -2.58. The van der Waals surface area contributed by atoms with Gasteiger partial charge in [0.1, 0.15) is 12.4 Å². The normalized spacial score (nSPS) is 29.8. The quantitative estimate of drug-likeness (QED) is 0.644. The van der Waals surface area contributed by atoms with Gasteiger partial charge in [-0.3, -0.25) is 9.98 Å². The number of pyridine rings is 1. The number of alkyl halides is 2. The number of anilines is 2. The SMILES string of the molecule is C#CCOC1C=Cc2ccncc2N1c1ccc(F)c([C@@]2(C)N=C(N)S[C@@]3(C(F)F)C[C@@H]23)c1. The van der Waals surface area contributed by atoms with Crippen molar-refractivity contribution < 1.29 is 17.9 Å². The molecule has 1 aromatic carbocycles. The van der Waals surface area contributed by atoms with Crippen molar-refractivity contribution in [2.24, 2.45) is 16.6 Å². The number of hydrogen-bond donors (Lipinski definition) is 1. The van der Waals surface area contributed by atoms with E-state index in [0.29, 0.717) is 5.69 Å². The van der Waals surface area contributed by atoms with Crippen LogP contribution < -0.4 is 10.6 Å². The Morgan fingerprint density at radius 2 is 2.21 bits per heavy atom. The van der Waals surface area contributed by atoms with E-state index in [4.69, 9.17) is 16.9 Å². The van der Waals surface area contributed by atoms with Crippen LogP contribution in [0.2, 0.25) is 0 Å². The maximum Gasteiger partial charge on any atom is 0.253 e. The molecule has 2 N–H and O–H groups in total. The van der Waals surface area contributed by atoms with Crippen molar-refractivity contribution >= 4 is 34.4 Å². The van der Waals surface area contributed by atoms with Crippen LogP contribution >= 0.6 is 11.8 Å². The Morgan fingerprint density at radius 3 is 2.97 bits per heavy atom. The topological polar surface area (TPSA) is 63.7 Å². The highest BCUT2D eigenvalue weighted by Crippen LogP contribution is 2.68. The molecule has 9 heteroatoms. The highest BCUT2D eigenvalue weighted by atomic mass is 32.2. The molecule has 0 amide bonds. The number of rotatable bonds is 5. The van der Waals surface area contributed by atoms with E-state index in [-0.39, 0.29) is 23.8 Å². The summed E-state index contributed by atoms with van der Waals surface area (Å²) in [5.41, 5.74) is 7.20. The third kappa shape index (κ3) is 3.40. The van der Waals surface area contributed by atoms with E-state index in [0.717, 1.165) is 23.0 Å². The lowest BCUT2D eigenvalue weighted by Crippen LogP contribution is -2.39. The van der Waals surface area contributed by atoms with Crippen LogP contribution in [0.15, 0.2) is 47.7 Å². The fourth-order valence-corrected chi connectivity index (χ4v) is 6.19. The molecule has 5 rings (SSSR count). The summed E-state index contributed by atoms with van der Waals surface area (Å²) in [7, 11) is 0. The van der Waals surface area contributed by atoms with E-state index >= 15 is 4.39 Å². The lowest BCUT2D eigenvalue weighted by molar-refractivity contribution is 0.118. The number of aromatic nitrogens is 1. The first-order valence-electron chi connectivity index (χ1n) is 10.4. The molecule has 3 heterocycles. The van der Waals surface area contributed by atoms with Crippen molar-refractivity contribution in [3.63, 3.8) is 0 Å². The van der Waals surface area contributed by atoms with E-state index in [1.54, 1.807) is 31.5 Å². The largest absolute Gasteiger partial charge is 0.378 e. The van der Waals surface area contributed by atoms with Gasteiger partial charge in [0.2, 0.25) is 0 Å². The summed E-state index contributed by atoms with van der Waals surface area (Å²) in [5, 5.41) is 0.0436. The Hall–Kier alpha value is -2.96. The summed E-state index contributed by atoms with van der Waals surface area (Å²) >= 11 is 0.895. The van der Waals surface area contributed by atoms with Gasteiger partial charge in [-0.1, -0.05) is 23.8 Å². The molecule has 170 valence electrons. The van der Waals surface area contributed by atoms with E-state index in [1.165, 1.54) is 6.07 Å². The van der Waals surface area contributed by atoms with Gasteiger partial charge >= 0.3 is 0 Å². The highest BCUT2D eigenvalue weighted by Gasteiger charge is 2.71. The Bertz CT molecular complexity index is 1210. The number of aliphatic imine (C=N–C) groups is 1. The molecular formula is C24H21F3N4OS. The third-order valence-corrected chi connectivity index (χ3v) is 7.85. The van der Waals surface area contributed by atoms with E-state index in [1.807, 2.05) is 23.1 Å². The monoisotopic (exact) mass is 470 g/mol. The molecule has 2 aliphatic heterocycles. The van der Waals surface area contributed by atoms with Gasteiger partial charge in [-0.15, -0.1) is 6.42 Å². The van der Waals surface area contributed by atoms with Gasteiger partial charge in [0.05, 0.1) is 22.2 Å². The third-order valence-electron chi connectivity index (χ3n) is 6.54. The highest BCUT2D eigenvalue weighted by molar-refractivity contribution is 8.15. The van der Waals surface area contributed by atoms with Gasteiger partial charge in [-0.25, -0.2) is 13.2 Å². The van der Waals surface area contributed by atoms with Crippen LogP contribution in [0, 0.1) is 24.1 Å². The fraction of sp³-hybridized carbons (Fsp3) is 0.333. The van der Waals surface area contributed by atoms with Crippen molar-refractivity contribution in [3.05, 3.63) is 59.7 Å². The summed E-state index contributed by atoms with van der Waals surface area (Å²) in [6.45, 7) is 1.75. The second-order valence-electron chi connectivity index (χ2n) is 8.45. The minimum Gasteiger partial charge on any atom is -0.378 e. The second-order valence-corrected chi connectivity index (χ2v) is 9.83. The van der Waals surface area contributed by atoms with Crippen LogP contribution in [0.1, 0.15) is 24.5 Å². The summed E-state index contributed by atoms with van der Waals surface area (Å²) in [5.74, 6) is 1.40. The average Bonchev–Trinajstić information content (AvgIpc) is 3.55. The molecule has 1 fully saturated rings. The summed E-state index contributed by atoms with van der Waals surface area (Å²) < 4.78 is 47.5. The lowest BCUT2D eigenvalue weighted by atomic mass is 9.85. The number of halogens is 3. The number of nitrogens with zero attached hydrogens (tertiary/aromatic N) is 3. The standard InChI is InChI=1S/C24H21F3N4OS/c1-3-10-32-20-7-4-14-8-9-29-13-18(14)31(20)15-5-6-17(25)16(11-15)23(2)19-12-24(19,21(26)27)33-22(28)30-23/h1,4-9,11,13,19-21H,10,12H2,2H3,(H2,28,30)/t19-,20?,23+,24-/m0/s1. The Balaban J connectivity index is 1.61.